The van der Waals surface area contributed by atoms with Gasteiger partial charge >= 0.3 is 5.97 Å². The number of amides is 1. The third kappa shape index (κ3) is 4.36. The van der Waals surface area contributed by atoms with E-state index in [1.54, 1.807) is 30.5 Å². The summed E-state index contributed by atoms with van der Waals surface area (Å²) >= 11 is 1.27. The minimum absolute atomic E-state index is 0.155. The van der Waals surface area contributed by atoms with Gasteiger partial charge in [0.15, 0.2) is 0 Å². The van der Waals surface area contributed by atoms with Crippen LogP contribution in [0.25, 0.3) is 0 Å². The number of carboxylic acids is 1. The van der Waals surface area contributed by atoms with Gasteiger partial charge in [0.2, 0.25) is 0 Å². The predicted octanol–water partition coefficient (Wildman–Crippen LogP) is 2.47. The first-order valence-corrected chi connectivity index (χ1v) is 7.54. The molecule has 0 saturated heterocycles. The maximum Gasteiger partial charge on any atom is 0.305 e. The van der Waals surface area contributed by atoms with Gasteiger partial charge in [-0.25, -0.2) is 9.37 Å². The maximum atomic E-state index is 13.6. The average Bonchev–Trinajstić information content (AvgIpc) is 2.89. The van der Waals surface area contributed by atoms with Crippen LogP contribution >= 0.6 is 11.3 Å². The molecule has 0 aliphatic heterocycles. The van der Waals surface area contributed by atoms with Gasteiger partial charge in [-0.2, -0.15) is 0 Å². The Bertz CT molecular complexity index is 687. The zero-order chi connectivity index (χ0) is 16.1. The van der Waals surface area contributed by atoms with Crippen LogP contribution in [0.4, 0.5) is 4.39 Å². The van der Waals surface area contributed by atoms with Crippen LogP contribution in [0, 0.1) is 5.82 Å². The third-order valence-electron chi connectivity index (χ3n) is 2.94. The topological polar surface area (TPSA) is 79.3 Å². The van der Waals surface area contributed by atoms with Crippen molar-refractivity contribution < 1.29 is 19.1 Å². The summed E-state index contributed by atoms with van der Waals surface area (Å²) in [6.45, 7) is 1.61. The number of hydrogen-bond acceptors (Lipinski definition) is 4. The largest absolute Gasteiger partial charge is 0.481 e. The summed E-state index contributed by atoms with van der Waals surface area (Å²) in [6, 6.07) is 5.92. The molecule has 0 radical (unpaired) electrons. The van der Waals surface area contributed by atoms with E-state index < -0.39 is 17.9 Å². The lowest BCUT2D eigenvalue weighted by atomic mass is 10.1. The van der Waals surface area contributed by atoms with E-state index in [1.807, 2.05) is 0 Å². The molecule has 0 saturated carbocycles. The monoisotopic (exact) mass is 322 g/mol. The molecule has 116 valence electrons. The molecule has 2 N–H and O–H groups in total. The quantitative estimate of drug-likeness (QED) is 0.856. The lowest BCUT2D eigenvalue weighted by Gasteiger charge is -2.09. The summed E-state index contributed by atoms with van der Waals surface area (Å²) in [5.41, 5.74) is 0.733. The fraction of sp³-hybridized carbons (Fsp3) is 0.267. The minimum Gasteiger partial charge on any atom is -0.481 e. The van der Waals surface area contributed by atoms with Gasteiger partial charge in [0.05, 0.1) is 11.4 Å². The van der Waals surface area contributed by atoms with Crippen molar-refractivity contribution in [2.45, 2.75) is 25.8 Å². The van der Waals surface area contributed by atoms with E-state index in [4.69, 9.17) is 5.11 Å². The smallest absolute Gasteiger partial charge is 0.305 e. The van der Waals surface area contributed by atoms with E-state index in [0.29, 0.717) is 17.0 Å². The summed E-state index contributed by atoms with van der Waals surface area (Å²) < 4.78 is 13.6. The maximum absolute atomic E-state index is 13.6. The number of carbonyl (C=O) groups excluding carboxylic acids is 1. The first-order chi connectivity index (χ1) is 10.5. The minimum atomic E-state index is -0.980. The molecule has 0 aliphatic carbocycles. The molecule has 7 heteroatoms. The second-order valence-corrected chi connectivity index (χ2v) is 5.81. The molecule has 0 aliphatic rings. The molecular formula is C15H15FN2O3S. The van der Waals surface area contributed by atoms with Crippen LogP contribution in [0.1, 0.15) is 34.4 Å². The van der Waals surface area contributed by atoms with Crippen LogP contribution in [0.15, 0.2) is 29.6 Å². The van der Waals surface area contributed by atoms with Crippen molar-refractivity contribution in [2.24, 2.45) is 0 Å². The summed E-state index contributed by atoms with van der Waals surface area (Å²) in [6.07, 6.45) is 0.160. The second-order valence-electron chi connectivity index (χ2n) is 4.87. The number of thiazole rings is 1. The Kier molecular flexibility index (Phi) is 5.21. The Morgan fingerprint density at radius 2 is 2.14 bits per heavy atom. The van der Waals surface area contributed by atoms with E-state index in [9.17, 15) is 14.0 Å². The van der Waals surface area contributed by atoms with Gasteiger partial charge in [-0.05, 0) is 18.6 Å². The number of rotatable bonds is 6. The lowest BCUT2D eigenvalue weighted by Crippen LogP contribution is -2.34. The molecule has 1 heterocycles. The molecule has 2 aromatic rings. The highest BCUT2D eigenvalue weighted by Gasteiger charge is 2.16. The fourth-order valence-corrected chi connectivity index (χ4v) is 2.71. The molecule has 0 bridgehead atoms. The zero-order valence-corrected chi connectivity index (χ0v) is 12.7. The highest BCUT2D eigenvalue weighted by Crippen LogP contribution is 2.17. The zero-order valence-electron chi connectivity index (χ0n) is 11.9. The normalized spacial score (nSPS) is 11.9. The molecule has 1 unspecified atom stereocenters. The molecule has 1 amide bonds. The number of benzene rings is 1. The summed E-state index contributed by atoms with van der Waals surface area (Å²) in [5, 5.41) is 13.4. The molecule has 1 aromatic carbocycles. The second kappa shape index (κ2) is 7.13. The van der Waals surface area contributed by atoms with Gasteiger partial charge in [-0.3, -0.25) is 9.59 Å². The van der Waals surface area contributed by atoms with Gasteiger partial charge in [-0.15, -0.1) is 11.3 Å². The summed E-state index contributed by atoms with van der Waals surface area (Å²) in [7, 11) is 0. The van der Waals surface area contributed by atoms with Gasteiger partial charge in [0.1, 0.15) is 11.5 Å². The van der Waals surface area contributed by atoms with Crippen molar-refractivity contribution >= 4 is 23.2 Å². The first kappa shape index (κ1) is 16.1. The Morgan fingerprint density at radius 3 is 2.82 bits per heavy atom. The number of carbonyl (C=O) groups is 2. The van der Waals surface area contributed by atoms with Crippen molar-refractivity contribution in [3.05, 3.63) is 51.7 Å². The Hall–Kier alpha value is -2.28. The fourth-order valence-electron chi connectivity index (χ4n) is 1.91. The standard InChI is InChI=1S/C15H15FN2O3S/c1-9(6-14(19)20)17-15(21)12-8-22-13(18-12)7-10-4-2-3-5-11(10)16/h2-5,8-9H,6-7H2,1H3,(H,17,21)(H,19,20). The number of halogens is 1. The van der Waals surface area contributed by atoms with Gasteiger partial charge in [0, 0.05) is 17.8 Å². The Balaban J connectivity index is 2.00. The average molecular weight is 322 g/mol. The highest BCUT2D eigenvalue weighted by atomic mass is 32.1. The third-order valence-corrected chi connectivity index (χ3v) is 3.79. The Morgan fingerprint density at radius 1 is 1.41 bits per heavy atom. The SMILES string of the molecule is CC(CC(=O)O)NC(=O)c1csc(Cc2ccccc2F)n1. The summed E-state index contributed by atoms with van der Waals surface area (Å²) in [4.78, 5) is 26.7. The predicted molar refractivity (Wildman–Crippen MR) is 80.5 cm³/mol. The van der Waals surface area contributed by atoms with Gasteiger partial charge in [0.25, 0.3) is 5.91 Å². The number of nitrogens with one attached hydrogen (secondary N) is 1. The van der Waals surface area contributed by atoms with Gasteiger partial charge < -0.3 is 10.4 Å². The van der Waals surface area contributed by atoms with Crippen LogP contribution in [0.3, 0.4) is 0 Å². The number of aliphatic carboxylic acids is 1. The van der Waals surface area contributed by atoms with Gasteiger partial charge in [-0.1, -0.05) is 18.2 Å². The lowest BCUT2D eigenvalue weighted by molar-refractivity contribution is -0.137. The number of carboxylic acid groups (broad SMARTS) is 1. The van der Waals surface area contributed by atoms with Crippen molar-refractivity contribution in [2.75, 3.05) is 0 Å². The van der Waals surface area contributed by atoms with Crippen LogP contribution in [-0.2, 0) is 11.2 Å². The molecule has 1 aromatic heterocycles. The van der Waals surface area contributed by atoms with Crippen LogP contribution < -0.4 is 5.32 Å². The molecule has 22 heavy (non-hydrogen) atoms. The van der Waals surface area contributed by atoms with E-state index in [0.717, 1.165) is 0 Å². The molecule has 2 rings (SSSR count). The summed E-state index contributed by atoms with van der Waals surface area (Å²) in [5.74, 6) is -1.71. The van der Waals surface area contributed by atoms with Crippen molar-refractivity contribution in [1.82, 2.24) is 10.3 Å². The molecule has 1 atom stereocenters. The molecule has 5 nitrogen and oxygen atoms in total. The van der Waals surface area contributed by atoms with E-state index in [2.05, 4.69) is 10.3 Å². The van der Waals surface area contributed by atoms with Crippen molar-refractivity contribution in [1.29, 1.82) is 0 Å². The van der Waals surface area contributed by atoms with E-state index in [1.165, 1.54) is 17.4 Å². The Labute approximate surface area is 130 Å². The van der Waals surface area contributed by atoms with Crippen molar-refractivity contribution in [3.8, 4) is 0 Å². The number of nitrogens with zero attached hydrogens (tertiary/aromatic N) is 1. The molecule has 0 fully saturated rings. The molecular weight excluding hydrogens is 307 g/mol. The molecule has 0 spiro atoms. The van der Waals surface area contributed by atoms with E-state index in [-0.39, 0.29) is 17.9 Å². The van der Waals surface area contributed by atoms with Crippen LogP contribution in [0.2, 0.25) is 0 Å². The van der Waals surface area contributed by atoms with Crippen molar-refractivity contribution in [3.63, 3.8) is 0 Å². The first-order valence-electron chi connectivity index (χ1n) is 6.66. The van der Waals surface area contributed by atoms with Crippen LogP contribution in [-0.4, -0.2) is 28.0 Å². The number of hydrogen-bond donors (Lipinski definition) is 2. The highest BCUT2D eigenvalue weighted by molar-refractivity contribution is 7.09. The van der Waals surface area contributed by atoms with Crippen LogP contribution in [0.5, 0.6) is 0 Å². The van der Waals surface area contributed by atoms with E-state index >= 15 is 0 Å². The number of aromatic nitrogens is 1.